The molecule has 0 unspecified atom stereocenters. The molecule has 1 aromatic heterocycles. The van der Waals surface area contributed by atoms with E-state index in [9.17, 15) is 51.0 Å². The molecular formula is C44H56F5N7O11. The minimum atomic E-state index is -5.08. The number of halogens is 5. The van der Waals surface area contributed by atoms with Gasteiger partial charge in [0.1, 0.15) is 24.1 Å². The number of rotatable bonds is 25. The Kier molecular flexibility index (Phi) is 22.1. The zero-order valence-electron chi connectivity index (χ0n) is 37.2. The number of nitrogens with two attached hydrogens (primary N) is 1. The fraction of sp³-hybridized carbons (Fsp3) is 0.477. The van der Waals surface area contributed by atoms with E-state index in [1.165, 1.54) is 17.1 Å². The Morgan fingerprint density at radius 1 is 0.866 bits per heavy atom. The van der Waals surface area contributed by atoms with E-state index in [1.54, 1.807) is 10.8 Å². The number of aliphatic hydroxyl groups is 1. The van der Waals surface area contributed by atoms with Crippen molar-refractivity contribution in [1.82, 2.24) is 30.0 Å². The van der Waals surface area contributed by atoms with Gasteiger partial charge in [-0.3, -0.25) is 28.9 Å². The van der Waals surface area contributed by atoms with Crippen LogP contribution in [0.25, 0.3) is 11.3 Å². The SMILES string of the molecule is CC(C)(C)[C@H](c1nc(-c2cc(F)ccc2F)cn1Cc1ccccc1)N(CC[C@H](N)C(=O)NCCNC(=O)CCOCCOCCOCCN1C(=O)C=CC1=O)C(=O)CO.O=C(O)C(F)(F)F. The predicted molar refractivity (Wildman–Crippen MR) is 229 cm³/mol. The number of aromatic nitrogens is 2. The fourth-order valence-electron chi connectivity index (χ4n) is 6.39. The highest BCUT2D eigenvalue weighted by atomic mass is 19.4. The third-order valence-electron chi connectivity index (χ3n) is 9.62. The summed E-state index contributed by atoms with van der Waals surface area (Å²) in [4.78, 5) is 77.8. The molecule has 0 saturated carbocycles. The van der Waals surface area contributed by atoms with Gasteiger partial charge in [0.15, 0.2) is 0 Å². The molecule has 18 nitrogen and oxygen atoms in total. The van der Waals surface area contributed by atoms with Gasteiger partial charge in [-0.1, -0.05) is 51.1 Å². The molecule has 2 aromatic carbocycles. The molecule has 0 bridgehead atoms. The number of carboxylic acids is 1. The number of alkyl halides is 3. The van der Waals surface area contributed by atoms with E-state index in [1.807, 2.05) is 51.1 Å². The number of benzene rings is 2. The highest BCUT2D eigenvalue weighted by Crippen LogP contribution is 2.39. The highest BCUT2D eigenvalue weighted by molar-refractivity contribution is 6.12. The van der Waals surface area contributed by atoms with Crippen LogP contribution in [0.3, 0.4) is 0 Å². The summed E-state index contributed by atoms with van der Waals surface area (Å²) < 4.78 is 79.0. The number of carbonyl (C=O) groups excluding carboxylic acids is 5. The Balaban J connectivity index is 0.00000157. The Morgan fingerprint density at radius 2 is 1.45 bits per heavy atom. The summed E-state index contributed by atoms with van der Waals surface area (Å²) in [6.45, 7) is 6.93. The van der Waals surface area contributed by atoms with E-state index < -0.39 is 59.7 Å². The number of imidazole rings is 1. The molecule has 5 amide bonds. The number of carbonyl (C=O) groups is 6. The number of ether oxygens (including phenoxy) is 3. The van der Waals surface area contributed by atoms with Crippen LogP contribution in [-0.2, 0) is 49.5 Å². The molecule has 4 rings (SSSR count). The van der Waals surface area contributed by atoms with Crippen LogP contribution in [0.2, 0.25) is 0 Å². The number of carboxylic acid groups (broad SMARTS) is 1. The summed E-state index contributed by atoms with van der Waals surface area (Å²) in [6.07, 6.45) is -0.944. The van der Waals surface area contributed by atoms with Gasteiger partial charge in [0.2, 0.25) is 17.7 Å². The van der Waals surface area contributed by atoms with Crippen LogP contribution in [0.15, 0.2) is 66.9 Å². The van der Waals surface area contributed by atoms with Crippen molar-refractivity contribution in [2.24, 2.45) is 11.1 Å². The third-order valence-corrected chi connectivity index (χ3v) is 9.62. The first-order valence-electron chi connectivity index (χ1n) is 21.0. The Bertz CT molecular complexity index is 2130. The zero-order chi connectivity index (χ0) is 49.7. The van der Waals surface area contributed by atoms with Crippen molar-refractivity contribution in [3.63, 3.8) is 0 Å². The summed E-state index contributed by atoms with van der Waals surface area (Å²) in [7, 11) is 0. The van der Waals surface area contributed by atoms with Crippen molar-refractivity contribution in [3.05, 3.63) is 89.9 Å². The number of nitrogens with one attached hydrogen (secondary N) is 2. The Labute approximate surface area is 383 Å². The quantitative estimate of drug-likeness (QED) is 0.0467. The fourth-order valence-corrected chi connectivity index (χ4v) is 6.39. The summed E-state index contributed by atoms with van der Waals surface area (Å²) in [5.41, 5.74) is 6.56. The van der Waals surface area contributed by atoms with E-state index >= 15 is 0 Å². The Hall–Kier alpha value is -6.14. The van der Waals surface area contributed by atoms with Crippen LogP contribution >= 0.6 is 0 Å². The molecule has 2 atom stereocenters. The summed E-state index contributed by atoms with van der Waals surface area (Å²) >= 11 is 0. The molecule has 0 spiro atoms. The molecular weight excluding hydrogens is 898 g/mol. The van der Waals surface area contributed by atoms with Gasteiger partial charge in [0.05, 0.1) is 64.0 Å². The molecule has 1 aliphatic heterocycles. The van der Waals surface area contributed by atoms with Crippen molar-refractivity contribution in [2.75, 3.05) is 72.4 Å². The second kappa shape index (κ2) is 26.9. The summed E-state index contributed by atoms with van der Waals surface area (Å²) in [5, 5.41) is 22.6. The smallest absolute Gasteiger partial charge is 0.475 e. The normalized spacial score (nSPS) is 13.5. The van der Waals surface area contributed by atoms with Crippen LogP contribution in [0.5, 0.6) is 0 Å². The minimum absolute atomic E-state index is 0.0103. The molecule has 0 fully saturated rings. The first-order valence-corrected chi connectivity index (χ1v) is 21.0. The topological polar surface area (TPSA) is 245 Å². The van der Waals surface area contributed by atoms with Crippen molar-refractivity contribution in [1.29, 1.82) is 0 Å². The molecule has 0 radical (unpaired) electrons. The molecule has 3 aromatic rings. The number of aliphatic carboxylic acids is 1. The number of hydrogen-bond donors (Lipinski definition) is 5. The van der Waals surface area contributed by atoms with E-state index in [2.05, 4.69) is 10.6 Å². The molecule has 0 saturated heterocycles. The average molecular weight is 954 g/mol. The van der Waals surface area contributed by atoms with Gasteiger partial charge < -0.3 is 50.3 Å². The molecule has 67 heavy (non-hydrogen) atoms. The number of aliphatic hydroxyl groups excluding tert-OH is 1. The molecule has 368 valence electrons. The second-order valence-electron chi connectivity index (χ2n) is 15.8. The zero-order valence-corrected chi connectivity index (χ0v) is 37.2. The van der Waals surface area contributed by atoms with Gasteiger partial charge >= 0.3 is 12.1 Å². The molecule has 0 aliphatic carbocycles. The van der Waals surface area contributed by atoms with Gasteiger partial charge in [-0.05, 0) is 35.6 Å². The minimum Gasteiger partial charge on any atom is -0.475 e. The highest BCUT2D eigenvalue weighted by Gasteiger charge is 2.39. The molecule has 23 heteroatoms. The summed E-state index contributed by atoms with van der Waals surface area (Å²) in [5.74, 6) is -5.85. The van der Waals surface area contributed by atoms with E-state index in [0.717, 1.165) is 28.7 Å². The predicted octanol–water partition coefficient (Wildman–Crippen LogP) is 2.73. The van der Waals surface area contributed by atoms with Crippen LogP contribution in [-0.4, -0.2) is 150 Å². The van der Waals surface area contributed by atoms with E-state index in [0.29, 0.717) is 19.0 Å². The van der Waals surface area contributed by atoms with Gasteiger partial charge in [-0.15, -0.1) is 0 Å². The van der Waals surface area contributed by atoms with Gasteiger partial charge in [0, 0.05) is 56.5 Å². The van der Waals surface area contributed by atoms with Crippen LogP contribution < -0.4 is 16.4 Å². The second-order valence-corrected chi connectivity index (χ2v) is 15.8. The van der Waals surface area contributed by atoms with Crippen molar-refractivity contribution in [3.8, 4) is 11.3 Å². The number of hydrogen-bond acceptors (Lipinski definition) is 12. The van der Waals surface area contributed by atoms with Crippen LogP contribution in [0, 0.1) is 17.0 Å². The van der Waals surface area contributed by atoms with Crippen LogP contribution in [0.4, 0.5) is 22.0 Å². The van der Waals surface area contributed by atoms with Gasteiger partial charge in [-0.2, -0.15) is 13.2 Å². The van der Waals surface area contributed by atoms with Crippen LogP contribution in [0.1, 0.15) is 51.0 Å². The van der Waals surface area contributed by atoms with Gasteiger partial charge in [-0.25, -0.2) is 18.6 Å². The van der Waals surface area contributed by atoms with Crippen molar-refractivity contribution in [2.45, 2.75) is 58.4 Å². The lowest BCUT2D eigenvalue weighted by molar-refractivity contribution is -0.192. The lowest BCUT2D eigenvalue weighted by Gasteiger charge is -2.40. The number of nitrogens with zero attached hydrogens (tertiary/aromatic N) is 4. The molecule has 1 aliphatic rings. The average Bonchev–Trinajstić information content (AvgIpc) is 3.83. The maximum absolute atomic E-state index is 15.0. The lowest BCUT2D eigenvalue weighted by atomic mass is 9.84. The molecule has 6 N–H and O–H groups in total. The third kappa shape index (κ3) is 18.6. The van der Waals surface area contributed by atoms with E-state index in [-0.39, 0.29) is 101 Å². The molecule has 2 heterocycles. The summed E-state index contributed by atoms with van der Waals surface area (Å²) in [6, 6.07) is 10.7. The standard InChI is InChI=1S/C42H55F2N7O9.C2HF3O2/c1-42(2,3)39(40-48-34(31-25-30(43)9-10-32(31)44)27-49(40)26-29-7-5-4-6-8-29)51(38(56)28-52)17-13-33(45)41(57)47-16-15-46-35(53)14-19-58-21-23-60-24-22-59-20-18-50-36(54)11-12-37(50)55;3-2(4,5)1(6)7/h4-12,25,27,33,39,52H,13-24,26,28,45H2,1-3H3,(H,46,53)(H,47,57);(H,6,7)/t33-,39-;/m0./s1. The van der Waals surface area contributed by atoms with Crippen molar-refractivity contribution < 1.29 is 75.1 Å². The number of imide groups is 1. The first-order chi connectivity index (χ1) is 31.6. The monoisotopic (exact) mass is 953 g/mol. The maximum Gasteiger partial charge on any atom is 0.490 e. The van der Waals surface area contributed by atoms with Gasteiger partial charge in [0.25, 0.3) is 11.8 Å². The number of amides is 5. The Morgan fingerprint density at radius 3 is 2.03 bits per heavy atom. The van der Waals surface area contributed by atoms with Crippen molar-refractivity contribution >= 4 is 35.5 Å². The lowest BCUT2D eigenvalue weighted by Crippen LogP contribution is -2.48. The largest absolute Gasteiger partial charge is 0.490 e. The maximum atomic E-state index is 15.0. The first kappa shape index (κ1) is 55.2. The van der Waals surface area contributed by atoms with E-state index in [4.69, 9.17) is 34.8 Å².